The predicted molar refractivity (Wildman–Crippen MR) is 81.9 cm³/mol. The van der Waals surface area contributed by atoms with Crippen molar-refractivity contribution in [2.24, 2.45) is 5.14 Å². The van der Waals surface area contributed by atoms with Gasteiger partial charge in [-0.25, -0.2) is 17.9 Å². The summed E-state index contributed by atoms with van der Waals surface area (Å²) in [6.07, 6.45) is 2.77. The molecule has 0 bridgehead atoms. The SMILES string of the molecule is NS(=O)(=O)c1cccc(NC(=O)C=Cc2ccc(F)cc2)c1. The smallest absolute Gasteiger partial charge is 0.248 e. The van der Waals surface area contributed by atoms with E-state index in [9.17, 15) is 17.6 Å². The fourth-order valence-corrected chi connectivity index (χ4v) is 2.24. The molecule has 22 heavy (non-hydrogen) atoms. The molecule has 0 aliphatic heterocycles. The van der Waals surface area contributed by atoms with E-state index in [0.29, 0.717) is 11.3 Å². The van der Waals surface area contributed by atoms with Crippen LogP contribution in [0.4, 0.5) is 10.1 Å². The Bertz CT molecular complexity index is 815. The van der Waals surface area contributed by atoms with Gasteiger partial charge in [-0.15, -0.1) is 0 Å². The van der Waals surface area contributed by atoms with Crippen molar-refractivity contribution in [1.82, 2.24) is 0 Å². The zero-order chi connectivity index (χ0) is 16.2. The number of hydrogen-bond donors (Lipinski definition) is 2. The van der Waals surface area contributed by atoms with Crippen LogP contribution in [0.2, 0.25) is 0 Å². The van der Waals surface area contributed by atoms with E-state index in [2.05, 4.69) is 5.32 Å². The van der Waals surface area contributed by atoms with E-state index >= 15 is 0 Å². The van der Waals surface area contributed by atoms with Crippen LogP contribution >= 0.6 is 0 Å². The number of anilines is 1. The molecule has 0 fully saturated rings. The number of carbonyl (C=O) groups excluding carboxylic acids is 1. The largest absolute Gasteiger partial charge is 0.322 e. The van der Waals surface area contributed by atoms with Gasteiger partial charge in [-0.2, -0.15) is 0 Å². The molecule has 2 rings (SSSR count). The molecule has 7 heteroatoms. The molecule has 0 aliphatic carbocycles. The van der Waals surface area contributed by atoms with Gasteiger partial charge < -0.3 is 5.32 Å². The van der Waals surface area contributed by atoms with Crippen LogP contribution in [0.25, 0.3) is 6.08 Å². The third-order valence-corrected chi connectivity index (χ3v) is 3.64. The number of benzene rings is 2. The molecule has 0 saturated heterocycles. The van der Waals surface area contributed by atoms with Crippen molar-refractivity contribution < 1.29 is 17.6 Å². The maximum Gasteiger partial charge on any atom is 0.248 e. The topological polar surface area (TPSA) is 89.3 Å². The molecule has 0 atom stereocenters. The minimum absolute atomic E-state index is 0.0900. The standard InChI is InChI=1S/C15H13FN2O3S/c16-12-7-4-11(5-8-12)6-9-15(19)18-13-2-1-3-14(10-13)22(17,20)21/h1-10H,(H,18,19)(H2,17,20,21). The molecule has 3 N–H and O–H groups in total. The van der Waals surface area contributed by atoms with Gasteiger partial charge in [0.25, 0.3) is 0 Å². The lowest BCUT2D eigenvalue weighted by atomic mass is 10.2. The van der Waals surface area contributed by atoms with Gasteiger partial charge in [0, 0.05) is 11.8 Å². The Labute approximate surface area is 127 Å². The summed E-state index contributed by atoms with van der Waals surface area (Å²) < 4.78 is 35.2. The molecule has 114 valence electrons. The highest BCUT2D eigenvalue weighted by Gasteiger charge is 2.08. The summed E-state index contributed by atoms with van der Waals surface area (Å²) >= 11 is 0. The molecule has 0 aromatic heterocycles. The second kappa shape index (κ2) is 6.50. The number of sulfonamides is 1. The van der Waals surface area contributed by atoms with E-state index in [4.69, 9.17) is 5.14 Å². The van der Waals surface area contributed by atoms with Crippen molar-refractivity contribution >= 4 is 27.7 Å². The van der Waals surface area contributed by atoms with E-state index in [-0.39, 0.29) is 10.7 Å². The van der Waals surface area contributed by atoms with Gasteiger partial charge in [0.15, 0.2) is 0 Å². The molecule has 0 spiro atoms. The van der Waals surface area contributed by atoms with E-state index in [1.54, 1.807) is 0 Å². The normalized spacial score (nSPS) is 11.5. The third-order valence-electron chi connectivity index (χ3n) is 2.73. The van der Waals surface area contributed by atoms with E-state index in [0.717, 1.165) is 0 Å². The molecular weight excluding hydrogens is 307 g/mol. The fraction of sp³-hybridized carbons (Fsp3) is 0. The lowest BCUT2D eigenvalue weighted by molar-refractivity contribution is -0.111. The average Bonchev–Trinajstić information content (AvgIpc) is 2.46. The Hall–Kier alpha value is -2.51. The first-order chi connectivity index (χ1) is 10.3. The van der Waals surface area contributed by atoms with E-state index < -0.39 is 15.9 Å². The summed E-state index contributed by atoms with van der Waals surface area (Å²) in [5, 5.41) is 7.53. The van der Waals surface area contributed by atoms with Crippen molar-refractivity contribution in [2.45, 2.75) is 4.90 Å². The van der Waals surface area contributed by atoms with Crippen LogP contribution in [0.1, 0.15) is 5.56 Å². The Morgan fingerprint density at radius 2 is 1.82 bits per heavy atom. The molecule has 0 saturated carbocycles. The van der Waals surface area contributed by atoms with Crippen LogP contribution in [0.3, 0.4) is 0 Å². The highest BCUT2D eigenvalue weighted by molar-refractivity contribution is 7.89. The summed E-state index contributed by atoms with van der Waals surface area (Å²) in [7, 11) is -3.83. The zero-order valence-electron chi connectivity index (χ0n) is 11.4. The highest BCUT2D eigenvalue weighted by atomic mass is 32.2. The number of carbonyl (C=O) groups is 1. The number of nitrogens with one attached hydrogen (secondary N) is 1. The minimum Gasteiger partial charge on any atom is -0.322 e. The van der Waals surface area contributed by atoms with Crippen molar-refractivity contribution in [3.63, 3.8) is 0 Å². The van der Waals surface area contributed by atoms with Gasteiger partial charge in [0.1, 0.15) is 5.82 Å². The number of nitrogens with two attached hydrogens (primary N) is 1. The fourth-order valence-electron chi connectivity index (χ4n) is 1.68. The number of rotatable bonds is 4. The van der Waals surface area contributed by atoms with Crippen molar-refractivity contribution in [3.05, 3.63) is 66.0 Å². The average molecular weight is 320 g/mol. The summed E-state index contributed by atoms with van der Waals surface area (Å²) in [6.45, 7) is 0. The summed E-state index contributed by atoms with van der Waals surface area (Å²) in [5.41, 5.74) is 0.968. The van der Waals surface area contributed by atoms with Gasteiger partial charge in [0.2, 0.25) is 15.9 Å². The molecule has 5 nitrogen and oxygen atoms in total. The second-order valence-electron chi connectivity index (χ2n) is 4.45. The lowest BCUT2D eigenvalue weighted by Crippen LogP contribution is -2.13. The number of primary sulfonamides is 1. The highest BCUT2D eigenvalue weighted by Crippen LogP contribution is 2.14. The summed E-state index contributed by atoms with van der Waals surface area (Å²) in [6, 6.07) is 11.2. The monoisotopic (exact) mass is 320 g/mol. The number of hydrogen-bond acceptors (Lipinski definition) is 3. The second-order valence-corrected chi connectivity index (χ2v) is 6.01. The van der Waals surface area contributed by atoms with Gasteiger partial charge in [-0.1, -0.05) is 18.2 Å². The van der Waals surface area contributed by atoms with E-state index in [1.165, 1.54) is 60.7 Å². The first-order valence-corrected chi connectivity index (χ1v) is 7.77. The van der Waals surface area contributed by atoms with Gasteiger partial charge >= 0.3 is 0 Å². The van der Waals surface area contributed by atoms with Crippen LogP contribution in [0.15, 0.2) is 59.5 Å². The van der Waals surface area contributed by atoms with Crippen molar-refractivity contribution in [3.8, 4) is 0 Å². The van der Waals surface area contributed by atoms with Crippen LogP contribution in [0, 0.1) is 5.82 Å². The summed E-state index contributed by atoms with van der Waals surface area (Å²) in [4.78, 5) is 11.7. The van der Waals surface area contributed by atoms with Crippen LogP contribution in [0.5, 0.6) is 0 Å². The predicted octanol–water partition coefficient (Wildman–Crippen LogP) is 2.12. The number of halogens is 1. The van der Waals surface area contributed by atoms with Gasteiger partial charge in [0.05, 0.1) is 4.90 Å². The third kappa shape index (κ3) is 4.51. The quantitative estimate of drug-likeness (QED) is 0.846. The van der Waals surface area contributed by atoms with Gasteiger partial charge in [-0.05, 0) is 42.0 Å². The molecule has 1 amide bonds. The molecule has 0 aliphatic rings. The molecule has 0 unspecified atom stereocenters. The van der Waals surface area contributed by atoms with Crippen molar-refractivity contribution in [1.29, 1.82) is 0 Å². The summed E-state index contributed by atoms with van der Waals surface area (Å²) in [5.74, 6) is -0.808. The maximum atomic E-state index is 12.7. The lowest BCUT2D eigenvalue weighted by Gasteiger charge is -2.04. The Kier molecular flexibility index (Phi) is 4.69. The molecule has 2 aromatic carbocycles. The Balaban J connectivity index is 2.07. The molecular formula is C15H13FN2O3S. The minimum atomic E-state index is -3.83. The molecule has 2 aromatic rings. The molecule has 0 radical (unpaired) electrons. The van der Waals surface area contributed by atoms with Crippen LogP contribution in [-0.2, 0) is 14.8 Å². The first-order valence-electron chi connectivity index (χ1n) is 6.22. The van der Waals surface area contributed by atoms with E-state index in [1.807, 2.05) is 0 Å². The van der Waals surface area contributed by atoms with Gasteiger partial charge in [-0.3, -0.25) is 4.79 Å². The first kappa shape index (κ1) is 15.9. The maximum absolute atomic E-state index is 12.7. The molecule has 0 heterocycles. The number of amides is 1. The Morgan fingerprint density at radius 1 is 1.14 bits per heavy atom. The Morgan fingerprint density at radius 3 is 2.45 bits per heavy atom. The zero-order valence-corrected chi connectivity index (χ0v) is 12.2. The van der Waals surface area contributed by atoms with Crippen LogP contribution < -0.4 is 10.5 Å². The van der Waals surface area contributed by atoms with Crippen LogP contribution in [-0.4, -0.2) is 14.3 Å². The van der Waals surface area contributed by atoms with Crippen molar-refractivity contribution in [2.75, 3.05) is 5.32 Å².